The predicted octanol–water partition coefficient (Wildman–Crippen LogP) is 2.42. The number of aliphatic carboxylic acids is 1. The Balaban J connectivity index is 2.10. The lowest BCUT2D eigenvalue weighted by Gasteiger charge is -2.21. The van der Waals surface area contributed by atoms with E-state index in [0.717, 1.165) is 0 Å². The standard InChI is InChI=1S/C11H10FIN2O3S/c12-6-1-2-8(7(13)3-6)14-11(18)15-5-19-4-9(15)10(16)17/h1-3,9H,4-5H2,(H,14,18)(H,16,17). The predicted molar refractivity (Wildman–Crippen MR) is 78.7 cm³/mol. The van der Waals surface area contributed by atoms with Gasteiger partial charge in [0.05, 0.1) is 11.6 Å². The van der Waals surface area contributed by atoms with E-state index >= 15 is 0 Å². The van der Waals surface area contributed by atoms with Gasteiger partial charge in [0, 0.05) is 9.32 Å². The minimum absolute atomic E-state index is 0.334. The second-order valence-electron chi connectivity index (χ2n) is 3.88. The van der Waals surface area contributed by atoms with Crippen LogP contribution in [-0.4, -0.2) is 39.7 Å². The lowest BCUT2D eigenvalue weighted by atomic mass is 10.3. The van der Waals surface area contributed by atoms with Crippen LogP contribution < -0.4 is 5.32 Å². The molecule has 8 heteroatoms. The summed E-state index contributed by atoms with van der Waals surface area (Å²) in [4.78, 5) is 24.3. The van der Waals surface area contributed by atoms with Gasteiger partial charge in [-0.2, -0.15) is 0 Å². The Morgan fingerprint density at radius 3 is 2.89 bits per heavy atom. The number of nitrogens with one attached hydrogen (secondary N) is 1. The molecule has 0 radical (unpaired) electrons. The number of carboxylic acids is 1. The van der Waals surface area contributed by atoms with Gasteiger partial charge in [0.25, 0.3) is 0 Å². The lowest BCUT2D eigenvalue weighted by molar-refractivity contribution is -0.140. The number of halogens is 2. The van der Waals surface area contributed by atoms with Crippen LogP contribution in [0.5, 0.6) is 0 Å². The number of rotatable bonds is 2. The van der Waals surface area contributed by atoms with Crippen LogP contribution in [0.2, 0.25) is 0 Å². The van der Waals surface area contributed by atoms with E-state index in [-0.39, 0.29) is 5.82 Å². The Labute approximate surface area is 126 Å². The molecule has 1 fully saturated rings. The monoisotopic (exact) mass is 396 g/mol. The number of carboxylic acid groups (broad SMARTS) is 1. The summed E-state index contributed by atoms with van der Waals surface area (Å²) in [5, 5.41) is 11.6. The maximum absolute atomic E-state index is 12.9. The molecule has 2 amide bonds. The number of carbonyl (C=O) groups is 2. The molecule has 1 unspecified atom stereocenters. The highest BCUT2D eigenvalue weighted by Gasteiger charge is 2.34. The number of benzene rings is 1. The van der Waals surface area contributed by atoms with Crippen molar-refractivity contribution in [1.29, 1.82) is 0 Å². The van der Waals surface area contributed by atoms with Crippen molar-refractivity contribution in [3.05, 3.63) is 27.6 Å². The van der Waals surface area contributed by atoms with Crippen LogP contribution in [0.1, 0.15) is 0 Å². The zero-order valence-corrected chi connectivity index (χ0v) is 12.6. The molecule has 0 spiro atoms. The fourth-order valence-corrected chi connectivity index (χ4v) is 3.38. The number of carbonyl (C=O) groups excluding carboxylic acids is 1. The first kappa shape index (κ1) is 14.4. The summed E-state index contributed by atoms with van der Waals surface area (Å²) in [6.07, 6.45) is 0. The first-order chi connectivity index (χ1) is 8.99. The van der Waals surface area contributed by atoms with Crippen molar-refractivity contribution < 1.29 is 19.1 Å². The summed E-state index contributed by atoms with van der Waals surface area (Å²) in [5.74, 6) is -0.694. The van der Waals surface area contributed by atoms with Gasteiger partial charge in [0.1, 0.15) is 11.9 Å². The van der Waals surface area contributed by atoms with Crippen LogP contribution >= 0.6 is 34.4 Å². The highest BCUT2D eigenvalue weighted by molar-refractivity contribution is 14.1. The molecule has 1 saturated heterocycles. The summed E-state index contributed by atoms with van der Waals surface area (Å²) in [5.41, 5.74) is 0.466. The van der Waals surface area contributed by atoms with Gasteiger partial charge in [-0.3, -0.25) is 0 Å². The summed E-state index contributed by atoms with van der Waals surface area (Å²) in [6.45, 7) is 0. The summed E-state index contributed by atoms with van der Waals surface area (Å²) < 4.78 is 13.5. The van der Waals surface area contributed by atoms with Crippen LogP contribution in [0.3, 0.4) is 0 Å². The molecular formula is C11H10FIN2O3S. The first-order valence-electron chi connectivity index (χ1n) is 5.32. The Morgan fingerprint density at radius 1 is 1.53 bits per heavy atom. The van der Waals surface area contributed by atoms with Gasteiger partial charge in [0.15, 0.2) is 0 Å². The van der Waals surface area contributed by atoms with Gasteiger partial charge < -0.3 is 15.3 Å². The van der Waals surface area contributed by atoms with Crippen molar-refractivity contribution in [3.63, 3.8) is 0 Å². The molecule has 5 nitrogen and oxygen atoms in total. The number of amides is 2. The second kappa shape index (κ2) is 5.95. The van der Waals surface area contributed by atoms with Crippen LogP contribution in [0, 0.1) is 9.39 Å². The third kappa shape index (κ3) is 3.30. The third-order valence-corrected chi connectivity index (χ3v) is 4.51. The van der Waals surface area contributed by atoms with E-state index in [9.17, 15) is 14.0 Å². The van der Waals surface area contributed by atoms with Crippen LogP contribution in [-0.2, 0) is 4.79 Å². The highest BCUT2D eigenvalue weighted by Crippen LogP contribution is 2.24. The van der Waals surface area contributed by atoms with Crippen molar-refractivity contribution in [1.82, 2.24) is 4.90 Å². The maximum Gasteiger partial charge on any atom is 0.327 e. The van der Waals surface area contributed by atoms with E-state index in [0.29, 0.717) is 20.9 Å². The average molecular weight is 396 g/mol. The van der Waals surface area contributed by atoms with Crippen molar-refractivity contribution in [3.8, 4) is 0 Å². The molecule has 1 aromatic rings. The SMILES string of the molecule is O=C(O)C1CSCN1C(=O)Nc1ccc(F)cc1I. The normalized spacial score (nSPS) is 18.4. The van der Waals surface area contributed by atoms with E-state index in [1.807, 2.05) is 22.6 Å². The lowest BCUT2D eigenvalue weighted by Crippen LogP contribution is -2.44. The van der Waals surface area contributed by atoms with Gasteiger partial charge in [-0.1, -0.05) is 0 Å². The molecule has 0 bridgehead atoms. The number of hydrogen-bond donors (Lipinski definition) is 2. The molecular weight excluding hydrogens is 386 g/mol. The van der Waals surface area contributed by atoms with Gasteiger partial charge >= 0.3 is 12.0 Å². The molecule has 2 rings (SSSR count). The minimum Gasteiger partial charge on any atom is -0.480 e. The third-order valence-electron chi connectivity index (χ3n) is 2.60. The number of nitrogens with zero attached hydrogens (tertiary/aromatic N) is 1. The van der Waals surface area contributed by atoms with E-state index in [1.165, 1.54) is 34.9 Å². The molecule has 1 aliphatic rings. The summed E-state index contributed by atoms with van der Waals surface area (Å²) in [7, 11) is 0. The van der Waals surface area contributed by atoms with Gasteiger partial charge in [0.2, 0.25) is 0 Å². The van der Waals surface area contributed by atoms with Crippen molar-refractivity contribution in [2.75, 3.05) is 16.9 Å². The van der Waals surface area contributed by atoms with Crippen molar-refractivity contribution in [2.45, 2.75) is 6.04 Å². The van der Waals surface area contributed by atoms with Gasteiger partial charge in [-0.05, 0) is 40.8 Å². The van der Waals surface area contributed by atoms with Gasteiger partial charge in [-0.15, -0.1) is 11.8 Å². The molecule has 1 heterocycles. The van der Waals surface area contributed by atoms with Crippen molar-refractivity contribution >= 4 is 52.0 Å². The Kier molecular flexibility index (Phi) is 4.50. The molecule has 1 atom stereocenters. The number of anilines is 1. The van der Waals surface area contributed by atoms with E-state index in [1.54, 1.807) is 0 Å². The van der Waals surface area contributed by atoms with Crippen LogP contribution in [0.25, 0.3) is 0 Å². The molecule has 19 heavy (non-hydrogen) atoms. The highest BCUT2D eigenvalue weighted by atomic mass is 127. The maximum atomic E-state index is 12.9. The average Bonchev–Trinajstić information content (AvgIpc) is 2.82. The molecule has 0 saturated carbocycles. The largest absolute Gasteiger partial charge is 0.480 e. The minimum atomic E-state index is -1.02. The van der Waals surface area contributed by atoms with Crippen molar-refractivity contribution in [2.24, 2.45) is 0 Å². The van der Waals surface area contributed by atoms with E-state index in [4.69, 9.17) is 5.11 Å². The van der Waals surface area contributed by atoms with E-state index < -0.39 is 18.0 Å². The Morgan fingerprint density at radius 2 is 2.26 bits per heavy atom. The van der Waals surface area contributed by atoms with E-state index in [2.05, 4.69) is 5.32 Å². The first-order valence-corrected chi connectivity index (χ1v) is 7.55. The zero-order chi connectivity index (χ0) is 14.0. The molecule has 1 aromatic carbocycles. The van der Waals surface area contributed by atoms with Crippen LogP contribution in [0.15, 0.2) is 18.2 Å². The Bertz CT molecular complexity index is 529. The quantitative estimate of drug-likeness (QED) is 0.754. The molecule has 0 aromatic heterocycles. The molecule has 1 aliphatic heterocycles. The van der Waals surface area contributed by atoms with Crippen LogP contribution in [0.4, 0.5) is 14.9 Å². The summed E-state index contributed by atoms with van der Waals surface area (Å²) >= 11 is 3.29. The fraction of sp³-hybridized carbons (Fsp3) is 0.273. The zero-order valence-electron chi connectivity index (χ0n) is 9.60. The Hall–Kier alpha value is -1.03. The topological polar surface area (TPSA) is 69.6 Å². The smallest absolute Gasteiger partial charge is 0.327 e. The molecule has 0 aliphatic carbocycles. The number of thioether (sulfide) groups is 1. The molecule has 2 N–H and O–H groups in total. The number of hydrogen-bond acceptors (Lipinski definition) is 3. The van der Waals surface area contributed by atoms with Gasteiger partial charge in [-0.25, -0.2) is 14.0 Å². The second-order valence-corrected chi connectivity index (χ2v) is 6.04. The fourth-order valence-electron chi connectivity index (χ4n) is 1.63. The summed E-state index contributed by atoms with van der Waals surface area (Å²) in [6, 6.07) is 2.69. The number of urea groups is 1. The molecule has 102 valence electrons.